The maximum Gasteiger partial charge on any atom is 0.0245 e. The van der Waals surface area contributed by atoms with Crippen LogP contribution in [0.25, 0.3) is 5.57 Å². The molecule has 2 rings (SSSR count). The van der Waals surface area contributed by atoms with Crippen molar-refractivity contribution in [2.75, 3.05) is 0 Å². The van der Waals surface area contributed by atoms with E-state index in [-0.39, 0.29) is 5.54 Å². The third-order valence-electron chi connectivity index (χ3n) is 3.37. The molecule has 0 bridgehead atoms. The minimum atomic E-state index is 0.252. The van der Waals surface area contributed by atoms with E-state index in [4.69, 9.17) is 0 Å². The fourth-order valence-electron chi connectivity index (χ4n) is 2.13. The number of rotatable bonds is 1. The molecular weight excluding hydrogens is 194 g/mol. The number of allylic oxidation sites excluding steroid dienone is 1. The molecule has 0 N–H and O–H groups in total. The third-order valence-corrected chi connectivity index (χ3v) is 3.37. The molecule has 0 amide bonds. The Morgan fingerprint density at radius 3 is 2.38 bits per heavy atom. The Balaban J connectivity index is 2.28. The van der Waals surface area contributed by atoms with Crippen LogP contribution in [0.1, 0.15) is 44.4 Å². The van der Waals surface area contributed by atoms with Crippen LogP contribution in [0.2, 0.25) is 0 Å². The fourth-order valence-corrected chi connectivity index (χ4v) is 2.13. The Labute approximate surface area is 98.8 Å². The summed E-state index contributed by atoms with van der Waals surface area (Å²) in [5, 5.41) is 0. The molecule has 0 aliphatic carbocycles. The zero-order valence-corrected chi connectivity index (χ0v) is 10.8. The molecule has 0 atom stereocenters. The first kappa shape index (κ1) is 11.4. The van der Waals surface area contributed by atoms with E-state index in [2.05, 4.69) is 57.4 Å². The first-order chi connectivity index (χ1) is 7.38. The van der Waals surface area contributed by atoms with Gasteiger partial charge in [-0.2, -0.15) is 0 Å². The Morgan fingerprint density at radius 1 is 1.19 bits per heavy atom. The Morgan fingerprint density at radius 2 is 1.81 bits per heavy atom. The predicted octanol–water partition coefficient (Wildman–Crippen LogP) is 3.83. The van der Waals surface area contributed by atoms with Crippen LogP contribution in [0.3, 0.4) is 0 Å². The zero-order chi connectivity index (χ0) is 11.9. The van der Waals surface area contributed by atoms with Crippen LogP contribution in [0.15, 0.2) is 24.8 Å². The summed E-state index contributed by atoms with van der Waals surface area (Å²) in [4.78, 5) is 2.51. The summed E-state index contributed by atoms with van der Waals surface area (Å²) in [5.41, 5.74) is 5.62. The second-order valence-electron chi connectivity index (χ2n) is 5.79. The first-order valence-electron chi connectivity index (χ1n) is 5.90. The van der Waals surface area contributed by atoms with Crippen LogP contribution in [0.4, 0.5) is 0 Å². The topological polar surface area (TPSA) is 3.24 Å². The van der Waals surface area contributed by atoms with Gasteiger partial charge in [0.15, 0.2) is 0 Å². The Hall–Kier alpha value is -1.08. The molecule has 1 heterocycles. The summed E-state index contributed by atoms with van der Waals surface area (Å²) in [6, 6.07) is 6.74. The largest absolute Gasteiger partial charge is 0.290 e. The zero-order valence-electron chi connectivity index (χ0n) is 10.8. The molecule has 1 aromatic carbocycles. The van der Waals surface area contributed by atoms with E-state index in [9.17, 15) is 0 Å². The van der Waals surface area contributed by atoms with E-state index >= 15 is 0 Å². The molecular formula is C15H21N. The number of fused-ring (bicyclic) bond motifs is 1. The molecule has 0 saturated heterocycles. The Bertz CT molecular complexity index is 424. The number of hydrogen-bond donors (Lipinski definition) is 0. The quantitative estimate of drug-likeness (QED) is 0.688. The highest BCUT2D eigenvalue weighted by Crippen LogP contribution is 2.30. The summed E-state index contributed by atoms with van der Waals surface area (Å²) < 4.78 is 0. The highest BCUT2D eigenvalue weighted by atomic mass is 15.2. The van der Waals surface area contributed by atoms with E-state index in [1.54, 1.807) is 0 Å². The van der Waals surface area contributed by atoms with Crippen molar-refractivity contribution in [3.8, 4) is 0 Å². The van der Waals surface area contributed by atoms with E-state index in [1.807, 2.05) is 0 Å². The van der Waals surface area contributed by atoms with Crippen LogP contribution in [0.5, 0.6) is 0 Å². The second-order valence-corrected chi connectivity index (χ2v) is 5.79. The molecule has 1 aliphatic rings. The predicted molar refractivity (Wildman–Crippen MR) is 70.2 cm³/mol. The maximum atomic E-state index is 4.01. The molecule has 1 aliphatic heterocycles. The number of hydrogen-bond acceptors (Lipinski definition) is 1. The van der Waals surface area contributed by atoms with Gasteiger partial charge in [-0.15, -0.1) is 0 Å². The van der Waals surface area contributed by atoms with Crippen molar-refractivity contribution in [1.29, 1.82) is 0 Å². The highest BCUT2D eigenvalue weighted by Gasteiger charge is 2.27. The SMILES string of the molecule is C=C(C)c1ccc2c(c1)CN(C(C)(C)C)C2. The lowest BCUT2D eigenvalue weighted by molar-refractivity contribution is 0.136. The van der Waals surface area contributed by atoms with Crippen LogP contribution in [0, 0.1) is 0 Å². The molecule has 1 heteroatoms. The van der Waals surface area contributed by atoms with Gasteiger partial charge in [0.2, 0.25) is 0 Å². The lowest BCUT2D eigenvalue weighted by Crippen LogP contribution is -2.36. The molecule has 0 aromatic heterocycles. The molecule has 86 valence electrons. The van der Waals surface area contributed by atoms with Crippen molar-refractivity contribution < 1.29 is 0 Å². The van der Waals surface area contributed by atoms with Crippen molar-refractivity contribution in [1.82, 2.24) is 4.90 Å². The van der Waals surface area contributed by atoms with Gasteiger partial charge >= 0.3 is 0 Å². The summed E-state index contributed by atoms with van der Waals surface area (Å²) >= 11 is 0. The maximum absolute atomic E-state index is 4.01. The summed E-state index contributed by atoms with van der Waals surface area (Å²) in [5.74, 6) is 0. The van der Waals surface area contributed by atoms with Gasteiger partial charge in [0.25, 0.3) is 0 Å². The average Bonchev–Trinajstić information content (AvgIpc) is 2.58. The second kappa shape index (κ2) is 3.74. The number of nitrogens with zero attached hydrogens (tertiary/aromatic N) is 1. The van der Waals surface area contributed by atoms with E-state index in [1.165, 1.54) is 16.7 Å². The van der Waals surface area contributed by atoms with Crippen molar-refractivity contribution >= 4 is 5.57 Å². The van der Waals surface area contributed by atoms with E-state index < -0.39 is 0 Å². The fraction of sp³-hybridized carbons (Fsp3) is 0.467. The normalized spacial score (nSPS) is 16.2. The lowest BCUT2D eigenvalue weighted by atomic mass is 10.0. The first-order valence-corrected chi connectivity index (χ1v) is 5.90. The Kier molecular flexibility index (Phi) is 2.67. The van der Waals surface area contributed by atoms with Gasteiger partial charge in [0.1, 0.15) is 0 Å². The molecule has 0 saturated carbocycles. The van der Waals surface area contributed by atoms with Crippen LogP contribution in [-0.2, 0) is 13.1 Å². The lowest BCUT2D eigenvalue weighted by Gasteiger charge is -2.31. The van der Waals surface area contributed by atoms with Gasteiger partial charge in [-0.3, -0.25) is 4.90 Å². The average molecular weight is 215 g/mol. The molecule has 1 aromatic rings. The van der Waals surface area contributed by atoms with Crippen LogP contribution in [-0.4, -0.2) is 10.4 Å². The molecule has 0 spiro atoms. The van der Waals surface area contributed by atoms with Gasteiger partial charge in [0.05, 0.1) is 0 Å². The van der Waals surface area contributed by atoms with Crippen LogP contribution >= 0.6 is 0 Å². The molecule has 0 fully saturated rings. The monoisotopic (exact) mass is 215 g/mol. The van der Waals surface area contributed by atoms with E-state index in [0.29, 0.717) is 0 Å². The third kappa shape index (κ3) is 2.05. The van der Waals surface area contributed by atoms with Crippen molar-refractivity contribution in [2.24, 2.45) is 0 Å². The van der Waals surface area contributed by atoms with Crippen molar-refractivity contribution in [3.63, 3.8) is 0 Å². The highest BCUT2D eigenvalue weighted by molar-refractivity contribution is 5.62. The smallest absolute Gasteiger partial charge is 0.0245 e. The van der Waals surface area contributed by atoms with E-state index in [0.717, 1.165) is 18.7 Å². The van der Waals surface area contributed by atoms with Gasteiger partial charge in [-0.25, -0.2) is 0 Å². The molecule has 1 nitrogen and oxygen atoms in total. The van der Waals surface area contributed by atoms with Crippen molar-refractivity contribution in [3.05, 3.63) is 41.5 Å². The minimum Gasteiger partial charge on any atom is -0.290 e. The van der Waals surface area contributed by atoms with Crippen molar-refractivity contribution in [2.45, 2.75) is 46.3 Å². The summed E-state index contributed by atoms with van der Waals surface area (Å²) in [6.45, 7) is 15.0. The van der Waals surface area contributed by atoms with Gasteiger partial charge in [-0.05, 0) is 50.5 Å². The van der Waals surface area contributed by atoms with Gasteiger partial charge in [-0.1, -0.05) is 24.3 Å². The number of benzene rings is 1. The molecule has 0 unspecified atom stereocenters. The molecule has 0 radical (unpaired) electrons. The molecule has 16 heavy (non-hydrogen) atoms. The summed E-state index contributed by atoms with van der Waals surface area (Å²) in [6.07, 6.45) is 0. The van der Waals surface area contributed by atoms with Crippen LogP contribution < -0.4 is 0 Å². The standard InChI is InChI=1S/C15H21N/c1-11(2)12-6-7-13-9-16(15(3,4)5)10-14(13)8-12/h6-8H,1,9-10H2,2-5H3. The van der Waals surface area contributed by atoms with Gasteiger partial charge < -0.3 is 0 Å². The van der Waals surface area contributed by atoms with Gasteiger partial charge in [0, 0.05) is 18.6 Å². The summed E-state index contributed by atoms with van der Waals surface area (Å²) in [7, 11) is 0. The minimum absolute atomic E-state index is 0.252.